The predicted molar refractivity (Wildman–Crippen MR) is 103 cm³/mol. The monoisotopic (exact) mass is 430 g/mol. The molecule has 2 aromatic rings. The number of rotatable bonds is 3. The van der Waals surface area contributed by atoms with Crippen molar-refractivity contribution in [2.75, 3.05) is 0 Å². The van der Waals surface area contributed by atoms with E-state index in [2.05, 4.69) is 21.6 Å². The fraction of sp³-hybridized carbons (Fsp3) is 0.524. The minimum Gasteiger partial charge on any atom is -0.351 e. The van der Waals surface area contributed by atoms with E-state index in [-0.39, 0.29) is 35.8 Å². The molecule has 2 aliphatic heterocycles. The maximum atomic E-state index is 13.0. The van der Waals surface area contributed by atoms with Crippen LogP contribution < -0.4 is 5.32 Å². The van der Waals surface area contributed by atoms with Crippen molar-refractivity contribution in [3.8, 4) is 12.0 Å². The topological polar surface area (TPSA) is 86.8 Å². The first-order valence-electron chi connectivity index (χ1n) is 10.4. The molecule has 4 heterocycles. The molecule has 0 spiro atoms. The lowest BCUT2D eigenvalue weighted by molar-refractivity contribution is -0.141. The molecule has 2 bridgehead atoms. The molecule has 0 saturated carbocycles. The van der Waals surface area contributed by atoms with Crippen LogP contribution in [0.25, 0.3) is 5.82 Å². The largest absolute Gasteiger partial charge is 0.433 e. The van der Waals surface area contributed by atoms with E-state index in [0.717, 1.165) is 36.6 Å². The summed E-state index contributed by atoms with van der Waals surface area (Å²) in [5.74, 6) is -0.113. The molecule has 2 fully saturated rings. The second-order valence-electron chi connectivity index (χ2n) is 8.50. The summed E-state index contributed by atoms with van der Waals surface area (Å²) in [7, 11) is 0. The number of fused-ring (bicyclic) bond motifs is 3. The average Bonchev–Trinajstić information content (AvgIpc) is 3.44. The normalized spacial score (nSPS) is 27.1. The Bertz CT molecular complexity index is 1060. The van der Waals surface area contributed by atoms with Gasteiger partial charge in [-0.1, -0.05) is 6.07 Å². The maximum Gasteiger partial charge on any atom is 0.433 e. The fourth-order valence-corrected chi connectivity index (χ4v) is 5.24. The van der Waals surface area contributed by atoms with Gasteiger partial charge in [-0.3, -0.25) is 4.79 Å². The van der Waals surface area contributed by atoms with Gasteiger partial charge in [-0.05, 0) is 56.2 Å². The third-order valence-corrected chi connectivity index (χ3v) is 6.74. The molecular formula is C21H21F3N6O. The lowest BCUT2D eigenvalue weighted by Gasteiger charge is -2.27. The molecule has 0 radical (unpaired) electrons. The molecule has 5 rings (SSSR count). The van der Waals surface area contributed by atoms with Gasteiger partial charge in [0.15, 0.2) is 12.0 Å². The van der Waals surface area contributed by atoms with Crippen LogP contribution in [0.5, 0.6) is 0 Å². The molecule has 1 amide bonds. The number of carbonyl (C=O) groups is 1. The molecule has 0 unspecified atom stereocenters. The lowest BCUT2D eigenvalue weighted by atomic mass is 9.86. The summed E-state index contributed by atoms with van der Waals surface area (Å²) in [6.07, 6.45) is 3.69. The highest BCUT2D eigenvalue weighted by atomic mass is 19.4. The van der Waals surface area contributed by atoms with Gasteiger partial charge < -0.3 is 10.2 Å². The van der Waals surface area contributed by atoms with Crippen molar-refractivity contribution in [1.82, 2.24) is 25.0 Å². The van der Waals surface area contributed by atoms with E-state index in [0.29, 0.717) is 19.3 Å². The van der Waals surface area contributed by atoms with E-state index >= 15 is 0 Å². The summed E-state index contributed by atoms with van der Waals surface area (Å²) in [5, 5.41) is 16.7. The molecule has 3 aliphatic rings. The van der Waals surface area contributed by atoms with E-state index in [4.69, 9.17) is 0 Å². The third kappa shape index (κ3) is 3.42. The molecule has 0 aromatic carbocycles. The van der Waals surface area contributed by atoms with E-state index in [1.54, 1.807) is 6.20 Å². The number of pyridine rings is 1. The fourth-order valence-electron chi connectivity index (χ4n) is 5.24. The summed E-state index contributed by atoms with van der Waals surface area (Å²) < 4.78 is 40.4. The average molecular weight is 430 g/mol. The Kier molecular flexibility index (Phi) is 4.64. The standard InChI is InChI=1S/C21H21F3N6O/c22-21(23,24)18-2-1-3-19(28-18)30-16-6-4-12(8-13(16)10-26-30)20(31)27-15-9-14-5-7-17(15)29(14)11-25/h1-3,10,12,14-15,17H,4-9H2,(H,27,31)/t12-,14+,15-,17-/m1/s1. The molecule has 1 aliphatic carbocycles. The number of halogens is 3. The molecule has 1 N–H and O–H groups in total. The number of nitrogens with zero attached hydrogens (tertiary/aromatic N) is 5. The Morgan fingerprint density at radius 1 is 1.26 bits per heavy atom. The first-order chi connectivity index (χ1) is 14.8. The van der Waals surface area contributed by atoms with Gasteiger partial charge in [-0.2, -0.15) is 23.5 Å². The number of hydrogen-bond acceptors (Lipinski definition) is 5. The summed E-state index contributed by atoms with van der Waals surface area (Å²) in [4.78, 5) is 18.4. The highest BCUT2D eigenvalue weighted by molar-refractivity contribution is 5.79. The van der Waals surface area contributed by atoms with E-state index in [1.165, 1.54) is 16.8 Å². The van der Waals surface area contributed by atoms with Crippen LogP contribution in [0.1, 0.15) is 42.6 Å². The highest BCUT2D eigenvalue weighted by Gasteiger charge is 2.47. The van der Waals surface area contributed by atoms with Crippen LogP contribution in [0.3, 0.4) is 0 Å². The van der Waals surface area contributed by atoms with Gasteiger partial charge in [0.05, 0.1) is 18.3 Å². The zero-order valence-corrected chi connectivity index (χ0v) is 16.6. The number of hydrogen-bond donors (Lipinski definition) is 1. The Balaban J connectivity index is 1.29. The molecule has 10 heteroatoms. The minimum atomic E-state index is -4.52. The SMILES string of the molecule is N#CN1[C@H]2CC[C@@H]1[C@H](NC(=O)[C@@H]1CCc3c(cnn3-c3cccc(C(F)(F)F)n3)C1)C2. The molecule has 4 atom stereocenters. The predicted octanol–water partition coefficient (Wildman–Crippen LogP) is 2.59. The summed E-state index contributed by atoms with van der Waals surface area (Å²) >= 11 is 0. The van der Waals surface area contributed by atoms with Crippen LogP contribution in [0, 0.1) is 17.4 Å². The molecular weight excluding hydrogens is 409 g/mol. The zero-order valence-electron chi connectivity index (χ0n) is 16.6. The molecule has 2 aromatic heterocycles. The summed E-state index contributed by atoms with van der Waals surface area (Å²) in [5.41, 5.74) is 0.697. The number of alkyl halides is 3. The molecule has 31 heavy (non-hydrogen) atoms. The van der Waals surface area contributed by atoms with Gasteiger partial charge in [-0.25, -0.2) is 9.67 Å². The molecule has 2 saturated heterocycles. The van der Waals surface area contributed by atoms with E-state index in [1.807, 2.05) is 4.90 Å². The third-order valence-electron chi connectivity index (χ3n) is 6.74. The number of carbonyl (C=O) groups excluding carboxylic acids is 1. The van der Waals surface area contributed by atoms with Crippen molar-refractivity contribution in [3.63, 3.8) is 0 Å². The van der Waals surface area contributed by atoms with Crippen LogP contribution >= 0.6 is 0 Å². The Morgan fingerprint density at radius 3 is 2.84 bits per heavy atom. The first kappa shape index (κ1) is 19.8. The van der Waals surface area contributed by atoms with Crippen molar-refractivity contribution >= 4 is 5.91 Å². The van der Waals surface area contributed by atoms with Crippen LogP contribution in [0.15, 0.2) is 24.4 Å². The van der Waals surface area contributed by atoms with Crippen molar-refractivity contribution in [1.29, 1.82) is 5.26 Å². The Morgan fingerprint density at radius 2 is 2.10 bits per heavy atom. The second kappa shape index (κ2) is 7.25. The first-order valence-corrected chi connectivity index (χ1v) is 10.4. The van der Waals surface area contributed by atoms with Crippen LogP contribution in [-0.4, -0.2) is 43.7 Å². The van der Waals surface area contributed by atoms with Gasteiger partial charge >= 0.3 is 6.18 Å². The summed E-state index contributed by atoms with van der Waals surface area (Å²) in [6, 6.07) is 4.08. The number of amides is 1. The Hall–Kier alpha value is -3.09. The van der Waals surface area contributed by atoms with Crippen molar-refractivity contribution in [2.24, 2.45) is 5.92 Å². The zero-order chi connectivity index (χ0) is 21.8. The molecule has 7 nitrogen and oxygen atoms in total. The summed E-state index contributed by atoms with van der Waals surface area (Å²) in [6.45, 7) is 0. The smallest absolute Gasteiger partial charge is 0.351 e. The van der Waals surface area contributed by atoms with Gasteiger partial charge in [0.2, 0.25) is 5.91 Å². The maximum absolute atomic E-state index is 13.0. The number of nitriles is 1. The van der Waals surface area contributed by atoms with E-state index < -0.39 is 11.9 Å². The van der Waals surface area contributed by atoms with Crippen LogP contribution in [0.2, 0.25) is 0 Å². The van der Waals surface area contributed by atoms with Gasteiger partial charge in [0.1, 0.15) is 5.69 Å². The van der Waals surface area contributed by atoms with Crippen molar-refractivity contribution in [2.45, 2.75) is 62.8 Å². The van der Waals surface area contributed by atoms with Crippen LogP contribution in [-0.2, 0) is 23.8 Å². The van der Waals surface area contributed by atoms with Crippen LogP contribution in [0.4, 0.5) is 13.2 Å². The van der Waals surface area contributed by atoms with Gasteiger partial charge in [-0.15, -0.1) is 0 Å². The Labute approximate surface area is 176 Å². The second-order valence-corrected chi connectivity index (χ2v) is 8.50. The molecule has 162 valence electrons. The lowest BCUT2D eigenvalue weighted by Crippen LogP contribution is -2.46. The quantitative estimate of drug-likeness (QED) is 0.757. The van der Waals surface area contributed by atoms with Gasteiger partial charge in [0.25, 0.3) is 0 Å². The van der Waals surface area contributed by atoms with Crippen molar-refractivity contribution in [3.05, 3.63) is 41.3 Å². The minimum absolute atomic E-state index is 0.00401. The van der Waals surface area contributed by atoms with E-state index in [9.17, 15) is 23.2 Å². The highest BCUT2D eigenvalue weighted by Crippen LogP contribution is 2.37. The number of aromatic nitrogens is 3. The van der Waals surface area contributed by atoms with Gasteiger partial charge in [0, 0.05) is 17.7 Å². The number of nitrogens with one attached hydrogen (secondary N) is 1. The van der Waals surface area contributed by atoms with Crippen molar-refractivity contribution < 1.29 is 18.0 Å².